The molecule has 0 bridgehead atoms. The lowest BCUT2D eigenvalue weighted by atomic mass is 9.82. The maximum Gasteiger partial charge on any atom is 0.338 e. The zero-order valence-electron chi connectivity index (χ0n) is 17.1. The third-order valence-corrected chi connectivity index (χ3v) is 4.86. The maximum absolute atomic E-state index is 13.0. The average Bonchev–Trinajstić information content (AvgIpc) is 2.73. The second-order valence-electron chi connectivity index (χ2n) is 6.74. The van der Waals surface area contributed by atoms with Crippen molar-refractivity contribution in [3.63, 3.8) is 0 Å². The molecule has 3 N–H and O–H groups in total. The molecule has 3 rings (SSSR count). The maximum atomic E-state index is 13.0. The molecule has 2 heterocycles. The molecule has 30 heavy (non-hydrogen) atoms. The SMILES string of the molecule is CCCC1=C(C(=O)OCC)[C@H](c2cc3cc(OC)ccc3[nH]c2=O)C(C#N)=C(N)O1. The summed E-state index contributed by atoms with van der Waals surface area (Å²) in [6.45, 7) is 3.74. The largest absolute Gasteiger partial charge is 0.497 e. The van der Waals surface area contributed by atoms with E-state index in [0.29, 0.717) is 35.3 Å². The molecule has 1 atom stereocenters. The normalized spacial score (nSPS) is 16.3. The van der Waals surface area contributed by atoms with Gasteiger partial charge in [-0.2, -0.15) is 5.26 Å². The Hall–Kier alpha value is -3.73. The van der Waals surface area contributed by atoms with Gasteiger partial charge in [0.2, 0.25) is 5.88 Å². The highest BCUT2D eigenvalue weighted by atomic mass is 16.5. The Labute approximate surface area is 173 Å². The second-order valence-corrected chi connectivity index (χ2v) is 6.74. The van der Waals surface area contributed by atoms with Crippen molar-refractivity contribution in [2.45, 2.75) is 32.6 Å². The van der Waals surface area contributed by atoms with Crippen LogP contribution in [0.25, 0.3) is 10.9 Å². The summed E-state index contributed by atoms with van der Waals surface area (Å²) in [5.41, 5.74) is 6.48. The van der Waals surface area contributed by atoms with Crippen LogP contribution in [0.15, 0.2) is 51.8 Å². The van der Waals surface area contributed by atoms with Crippen LogP contribution >= 0.6 is 0 Å². The van der Waals surface area contributed by atoms with Crippen molar-refractivity contribution < 1.29 is 19.0 Å². The summed E-state index contributed by atoms with van der Waals surface area (Å²) in [4.78, 5) is 28.6. The molecule has 0 aliphatic carbocycles. The van der Waals surface area contributed by atoms with Gasteiger partial charge in [0.25, 0.3) is 5.56 Å². The molecule has 0 saturated carbocycles. The predicted octanol–water partition coefficient (Wildman–Crippen LogP) is 2.96. The summed E-state index contributed by atoms with van der Waals surface area (Å²) in [7, 11) is 1.54. The van der Waals surface area contributed by atoms with E-state index in [2.05, 4.69) is 4.98 Å². The van der Waals surface area contributed by atoms with E-state index in [-0.39, 0.29) is 29.2 Å². The van der Waals surface area contributed by atoms with Gasteiger partial charge in [-0.3, -0.25) is 4.79 Å². The van der Waals surface area contributed by atoms with Crippen molar-refractivity contribution in [2.24, 2.45) is 5.73 Å². The van der Waals surface area contributed by atoms with Crippen molar-refractivity contribution in [3.8, 4) is 11.8 Å². The van der Waals surface area contributed by atoms with Crippen LogP contribution in [0.2, 0.25) is 0 Å². The van der Waals surface area contributed by atoms with Crippen LogP contribution in [0.4, 0.5) is 0 Å². The molecule has 8 nitrogen and oxygen atoms in total. The van der Waals surface area contributed by atoms with E-state index in [4.69, 9.17) is 19.9 Å². The zero-order valence-corrected chi connectivity index (χ0v) is 17.1. The minimum atomic E-state index is -0.997. The highest BCUT2D eigenvalue weighted by Crippen LogP contribution is 2.40. The number of hydrogen-bond donors (Lipinski definition) is 2. The van der Waals surface area contributed by atoms with Crippen LogP contribution in [-0.2, 0) is 14.3 Å². The quantitative estimate of drug-likeness (QED) is 0.702. The lowest BCUT2D eigenvalue weighted by Crippen LogP contribution is -2.29. The molecule has 0 saturated heterocycles. The van der Waals surface area contributed by atoms with Crippen LogP contribution in [0.5, 0.6) is 5.75 Å². The highest BCUT2D eigenvalue weighted by molar-refractivity contribution is 5.93. The number of allylic oxidation sites excluding steroid dienone is 2. The van der Waals surface area contributed by atoms with Gasteiger partial charge >= 0.3 is 5.97 Å². The van der Waals surface area contributed by atoms with Gasteiger partial charge in [-0.25, -0.2) is 4.79 Å². The number of aromatic nitrogens is 1. The summed E-state index contributed by atoms with van der Waals surface area (Å²) in [5.74, 6) is -0.845. The number of nitriles is 1. The lowest BCUT2D eigenvalue weighted by molar-refractivity contribution is -0.139. The summed E-state index contributed by atoms with van der Waals surface area (Å²) in [5, 5.41) is 10.4. The van der Waals surface area contributed by atoms with Gasteiger partial charge in [0.1, 0.15) is 23.2 Å². The van der Waals surface area contributed by atoms with E-state index >= 15 is 0 Å². The molecular weight excluding hydrogens is 386 g/mol. The number of nitrogens with two attached hydrogens (primary N) is 1. The first-order valence-electron chi connectivity index (χ1n) is 9.63. The Bertz CT molecular complexity index is 1150. The molecule has 2 aromatic rings. The Morgan fingerprint density at radius 1 is 1.33 bits per heavy atom. The highest BCUT2D eigenvalue weighted by Gasteiger charge is 2.38. The number of carbonyl (C=O) groups excluding carboxylic acids is 1. The lowest BCUT2D eigenvalue weighted by Gasteiger charge is -2.27. The number of ether oxygens (including phenoxy) is 3. The fourth-order valence-corrected chi connectivity index (χ4v) is 3.52. The van der Waals surface area contributed by atoms with E-state index in [0.717, 1.165) is 0 Å². The molecule has 0 unspecified atom stereocenters. The number of nitrogens with zero attached hydrogens (tertiary/aromatic N) is 1. The molecule has 0 fully saturated rings. The van der Waals surface area contributed by atoms with E-state index in [9.17, 15) is 14.9 Å². The zero-order chi connectivity index (χ0) is 21.8. The number of methoxy groups -OCH3 is 1. The number of carbonyl (C=O) groups is 1. The van der Waals surface area contributed by atoms with Crippen LogP contribution < -0.4 is 16.0 Å². The summed E-state index contributed by atoms with van der Waals surface area (Å²) >= 11 is 0. The number of benzene rings is 1. The van der Waals surface area contributed by atoms with E-state index in [1.54, 1.807) is 38.3 Å². The smallest absolute Gasteiger partial charge is 0.338 e. The number of nitrogens with one attached hydrogen (secondary N) is 1. The van der Waals surface area contributed by atoms with Crippen molar-refractivity contribution in [2.75, 3.05) is 13.7 Å². The summed E-state index contributed by atoms with van der Waals surface area (Å²) < 4.78 is 16.1. The van der Waals surface area contributed by atoms with Gasteiger partial charge in [-0.1, -0.05) is 6.92 Å². The molecule has 1 aliphatic heterocycles. The van der Waals surface area contributed by atoms with E-state index in [1.807, 2.05) is 13.0 Å². The third kappa shape index (κ3) is 3.74. The Morgan fingerprint density at radius 3 is 2.73 bits per heavy atom. The van der Waals surface area contributed by atoms with Gasteiger partial charge in [-0.05, 0) is 37.6 Å². The number of fused-ring (bicyclic) bond motifs is 1. The Balaban J connectivity index is 2.30. The molecule has 0 amide bonds. The van der Waals surface area contributed by atoms with E-state index < -0.39 is 17.4 Å². The Kier molecular flexibility index (Phi) is 6.11. The summed E-state index contributed by atoms with van der Waals surface area (Å²) in [6.07, 6.45) is 1.08. The number of pyridine rings is 1. The molecule has 0 radical (unpaired) electrons. The van der Waals surface area contributed by atoms with Crippen molar-refractivity contribution in [1.82, 2.24) is 4.98 Å². The Morgan fingerprint density at radius 2 is 2.10 bits per heavy atom. The fourth-order valence-electron chi connectivity index (χ4n) is 3.52. The second kappa shape index (κ2) is 8.74. The van der Waals surface area contributed by atoms with Crippen molar-refractivity contribution in [1.29, 1.82) is 5.26 Å². The first-order chi connectivity index (χ1) is 14.4. The first-order valence-corrected chi connectivity index (χ1v) is 9.63. The standard InChI is InChI=1S/C22H23N3O5/c1-4-6-17-19(22(27)29-5-2)18(15(11-23)20(24)30-17)14-10-12-9-13(28-3)7-8-16(12)25-21(14)26/h7-10,18H,4-6,24H2,1-3H3,(H,25,26)/t18-/m1/s1. The topological polar surface area (TPSA) is 127 Å². The molecule has 1 aromatic carbocycles. The molecule has 1 aromatic heterocycles. The minimum Gasteiger partial charge on any atom is -0.497 e. The molecule has 1 aliphatic rings. The number of rotatable bonds is 6. The van der Waals surface area contributed by atoms with Crippen LogP contribution in [0, 0.1) is 11.3 Å². The van der Waals surface area contributed by atoms with Gasteiger partial charge in [0.15, 0.2) is 0 Å². The fraction of sp³-hybridized carbons (Fsp3) is 0.318. The monoisotopic (exact) mass is 409 g/mol. The molecular formula is C22H23N3O5. The van der Waals surface area contributed by atoms with Gasteiger partial charge in [0.05, 0.1) is 25.2 Å². The average molecular weight is 409 g/mol. The van der Waals surface area contributed by atoms with Crippen LogP contribution in [0.1, 0.15) is 38.2 Å². The minimum absolute atomic E-state index is 0.00866. The number of aromatic amines is 1. The predicted molar refractivity (Wildman–Crippen MR) is 110 cm³/mol. The van der Waals surface area contributed by atoms with Crippen LogP contribution in [-0.4, -0.2) is 24.7 Å². The van der Waals surface area contributed by atoms with Crippen molar-refractivity contribution in [3.05, 3.63) is 63.0 Å². The van der Waals surface area contributed by atoms with Crippen LogP contribution in [0.3, 0.4) is 0 Å². The molecule has 0 spiro atoms. The first kappa shape index (κ1) is 21.0. The number of esters is 1. The third-order valence-electron chi connectivity index (χ3n) is 4.86. The summed E-state index contributed by atoms with van der Waals surface area (Å²) in [6, 6.07) is 8.85. The van der Waals surface area contributed by atoms with Gasteiger partial charge in [0, 0.05) is 22.9 Å². The number of H-pyrrole nitrogens is 1. The number of hydrogen-bond acceptors (Lipinski definition) is 7. The molecule has 8 heteroatoms. The van der Waals surface area contributed by atoms with Crippen molar-refractivity contribution >= 4 is 16.9 Å². The molecule has 156 valence electrons. The van der Waals surface area contributed by atoms with Gasteiger partial charge < -0.3 is 24.9 Å². The van der Waals surface area contributed by atoms with E-state index in [1.165, 1.54) is 0 Å². The van der Waals surface area contributed by atoms with Gasteiger partial charge in [-0.15, -0.1) is 0 Å².